The Kier molecular flexibility index (Phi) is 10.8. The van der Waals surface area contributed by atoms with Crippen LogP contribution in [0.1, 0.15) is 26.2 Å². The van der Waals surface area contributed by atoms with Gasteiger partial charge in [0, 0.05) is 51.1 Å². The molecule has 136 valence electrons. The van der Waals surface area contributed by atoms with Crippen molar-refractivity contribution in [1.29, 1.82) is 0 Å². The number of nitrogens with zero attached hydrogens (tertiary/aromatic N) is 2. The van der Waals surface area contributed by atoms with Gasteiger partial charge in [-0.2, -0.15) is 0 Å². The molecule has 2 amide bonds. The van der Waals surface area contributed by atoms with Crippen LogP contribution in [0.2, 0.25) is 0 Å². The highest BCUT2D eigenvalue weighted by molar-refractivity contribution is 5.85. The van der Waals surface area contributed by atoms with Crippen LogP contribution in [0.5, 0.6) is 0 Å². The second-order valence-corrected chi connectivity index (χ2v) is 6.30. The Hall–Kier alpha value is -0.560. The van der Waals surface area contributed by atoms with E-state index in [9.17, 15) is 9.59 Å². The van der Waals surface area contributed by atoms with Crippen LogP contribution in [0.4, 0.5) is 0 Å². The summed E-state index contributed by atoms with van der Waals surface area (Å²) in [5.41, 5.74) is 0. The van der Waals surface area contributed by atoms with Gasteiger partial charge in [0.05, 0.1) is 0 Å². The maximum atomic E-state index is 12.1. The standard InChI is InChI=1S/C15H28N4O2.2ClH/c1-12-11-13(3-5-16-12)15(21)17-6-4-14(20)19-9-7-18(2)8-10-19;;/h12-13,16H,3-11H2,1-2H3,(H,17,21);2*1H/t12-,13-;;/m0../s1. The highest BCUT2D eigenvalue weighted by Gasteiger charge is 2.25. The van der Waals surface area contributed by atoms with Crippen LogP contribution >= 0.6 is 24.8 Å². The molecule has 0 saturated carbocycles. The Labute approximate surface area is 151 Å². The van der Waals surface area contributed by atoms with Crippen molar-refractivity contribution in [3.8, 4) is 0 Å². The zero-order valence-corrected chi connectivity index (χ0v) is 15.7. The Bertz CT molecular complexity index is 376. The van der Waals surface area contributed by atoms with Crippen molar-refractivity contribution in [2.24, 2.45) is 5.92 Å². The molecular weight excluding hydrogens is 339 g/mol. The minimum atomic E-state index is 0. The summed E-state index contributed by atoms with van der Waals surface area (Å²) in [6, 6.07) is 0.404. The fourth-order valence-electron chi connectivity index (χ4n) is 3.02. The molecule has 2 aliphatic rings. The minimum Gasteiger partial charge on any atom is -0.355 e. The molecule has 8 heteroatoms. The van der Waals surface area contributed by atoms with Crippen LogP contribution in [0.3, 0.4) is 0 Å². The van der Waals surface area contributed by atoms with Gasteiger partial charge in [0.2, 0.25) is 11.8 Å². The predicted molar refractivity (Wildman–Crippen MR) is 96.4 cm³/mol. The predicted octanol–water partition coefficient (Wildman–Crippen LogP) is 0.498. The van der Waals surface area contributed by atoms with Crippen LogP contribution in [-0.2, 0) is 9.59 Å². The average Bonchev–Trinajstić information content (AvgIpc) is 2.47. The Morgan fingerprint density at radius 1 is 1.17 bits per heavy atom. The van der Waals surface area contributed by atoms with Gasteiger partial charge in [-0.15, -0.1) is 24.8 Å². The second kappa shape index (κ2) is 11.1. The Morgan fingerprint density at radius 2 is 1.83 bits per heavy atom. The zero-order chi connectivity index (χ0) is 15.2. The molecule has 2 N–H and O–H groups in total. The summed E-state index contributed by atoms with van der Waals surface area (Å²) in [5.74, 6) is 0.358. The van der Waals surface area contributed by atoms with Crippen LogP contribution < -0.4 is 10.6 Å². The fourth-order valence-corrected chi connectivity index (χ4v) is 3.02. The molecule has 23 heavy (non-hydrogen) atoms. The molecular formula is C15H30Cl2N4O2. The average molecular weight is 369 g/mol. The molecule has 0 spiro atoms. The molecule has 2 heterocycles. The maximum Gasteiger partial charge on any atom is 0.224 e. The molecule has 6 nitrogen and oxygen atoms in total. The third kappa shape index (κ3) is 7.25. The lowest BCUT2D eigenvalue weighted by atomic mass is 9.92. The normalized spacial score (nSPS) is 25.0. The van der Waals surface area contributed by atoms with E-state index in [1.165, 1.54) is 0 Å². The smallest absolute Gasteiger partial charge is 0.224 e. The third-order valence-electron chi connectivity index (χ3n) is 4.49. The molecule has 0 aromatic carbocycles. The number of hydrogen-bond acceptors (Lipinski definition) is 4. The summed E-state index contributed by atoms with van der Waals surface area (Å²) in [6.07, 6.45) is 2.19. The quantitative estimate of drug-likeness (QED) is 0.758. The van der Waals surface area contributed by atoms with E-state index >= 15 is 0 Å². The molecule has 2 saturated heterocycles. The van der Waals surface area contributed by atoms with Crippen LogP contribution in [0.25, 0.3) is 0 Å². The fraction of sp³-hybridized carbons (Fsp3) is 0.867. The first-order valence-electron chi connectivity index (χ1n) is 8.03. The summed E-state index contributed by atoms with van der Waals surface area (Å²) >= 11 is 0. The van der Waals surface area contributed by atoms with Crippen molar-refractivity contribution in [2.45, 2.75) is 32.2 Å². The number of hydrogen-bond donors (Lipinski definition) is 2. The van der Waals surface area contributed by atoms with E-state index in [0.29, 0.717) is 19.0 Å². The van der Waals surface area contributed by atoms with Crippen molar-refractivity contribution in [2.75, 3.05) is 46.3 Å². The van der Waals surface area contributed by atoms with Gasteiger partial charge in [-0.05, 0) is 33.4 Å². The zero-order valence-electron chi connectivity index (χ0n) is 14.0. The van der Waals surface area contributed by atoms with E-state index in [1.54, 1.807) is 0 Å². The lowest BCUT2D eigenvalue weighted by Crippen LogP contribution is -2.48. The molecule has 0 aliphatic carbocycles. The number of likely N-dealkylation sites (N-methyl/N-ethyl adjacent to an activating group) is 1. The number of carbonyl (C=O) groups excluding carboxylic acids is 2. The number of halogens is 2. The third-order valence-corrected chi connectivity index (χ3v) is 4.49. The number of nitrogens with one attached hydrogen (secondary N) is 2. The van der Waals surface area contributed by atoms with Gasteiger partial charge in [0.15, 0.2) is 0 Å². The lowest BCUT2D eigenvalue weighted by Gasteiger charge is -2.32. The molecule has 2 fully saturated rings. The molecule has 2 aliphatic heterocycles. The molecule has 0 aromatic rings. The summed E-state index contributed by atoms with van der Waals surface area (Å²) < 4.78 is 0. The van der Waals surface area contributed by atoms with Crippen molar-refractivity contribution < 1.29 is 9.59 Å². The van der Waals surface area contributed by atoms with Gasteiger partial charge in [0.25, 0.3) is 0 Å². The van der Waals surface area contributed by atoms with Gasteiger partial charge in [0.1, 0.15) is 0 Å². The minimum absolute atomic E-state index is 0. The summed E-state index contributed by atoms with van der Waals surface area (Å²) in [4.78, 5) is 28.3. The lowest BCUT2D eigenvalue weighted by molar-refractivity contribution is -0.132. The molecule has 0 aromatic heterocycles. The number of piperazine rings is 1. The maximum absolute atomic E-state index is 12.1. The van der Waals surface area contributed by atoms with Crippen molar-refractivity contribution in [3.63, 3.8) is 0 Å². The number of piperidine rings is 1. The summed E-state index contributed by atoms with van der Waals surface area (Å²) in [7, 11) is 2.07. The van der Waals surface area contributed by atoms with E-state index in [4.69, 9.17) is 0 Å². The largest absolute Gasteiger partial charge is 0.355 e. The van der Waals surface area contributed by atoms with E-state index in [-0.39, 0.29) is 42.5 Å². The second-order valence-electron chi connectivity index (χ2n) is 6.30. The van der Waals surface area contributed by atoms with Crippen LogP contribution in [0, 0.1) is 5.92 Å². The SMILES string of the molecule is C[C@H]1C[C@@H](C(=O)NCCC(=O)N2CCN(C)CC2)CCN1.Cl.Cl. The molecule has 0 bridgehead atoms. The van der Waals surface area contributed by atoms with Gasteiger partial charge in [-0.1, -0.05) is 0 Å². The summed E-state index contributed by atoms with van der Waals surface area (Å²) in [6.45, 7) is 6.94. The highest BCUT2D eigenvalue weighted by atomic mass is 35.5. The molecule has 2 rings (SSSR count). The number of carbonyl (C=O) groups is 2. The first-order chi connectivity index (χ1) is 10.1. The molecule has 2 atom stereocenters. The van der Waals surface area contributed by atoms with E-state index in [2.05, 4.69) is 29.5 Å². The highest BCUT2D eigenvalue weighted by Crippen LogP contribution is 2.15. The number of rotatable bonds is 4. The Balaban J connectivity index is 0.00000242. The van der Waals surface area contributed by atoms with E-state index in [0.717, 1.165) is 45.6 Å². The monoisotopic (exact) mass is 368 g/mol. The van der Waals surface area contributed by atoms with Gasteiger partial charge < -0.3 is 20.4 Å². The van der Waals surface area contributed by atoms with Crippen molar-refractivity contribution in [1.82, 2.24) is 20.4 Å². The molecule has 0 unspecified atom stereocenters. The van der Waals surface area contributed by atoms with Gasteiger partial charge in [-0.25, -0.2) is 0 Å². The van der Waals surface area contributed by atoms with Gasteiger partial charge >= 0.3 is 0 Å². The molecule has 0 radical (unpaired) electrons. The Morgan fingerprint density at radius 3 is 2.43 bits per heavy atom. The van der Waals surface area contributed by atoms with Crippen LogP contribution in [0.15, 0.2) is 0 Å². The van der Waals surface area contributed by atoms with Crippen molar-refractivity contribution in [3.05, 3.63) is 0 Å². The van der Waals surface area contributed by atoms with Crippen molar-refractivity contribution >= 4 is 36.6 Å². The first kappa shape index (κ1) is 22.4. The first-order valence-corrected chi connectivity index (χ1v) is 8.03. The van der Waals surface area contributed by atoms with E-state index in [1.807, 2.05) is 4.90 Å². The number of amides is 2. The topological polar surface area (TPSA) is 64.7 Å². The van der Waals surface area contributed by atoms with Crippen LogP contribution in [-0.4, -0.2) is 74.0 Å². The summed E-state index contributed by atoms with van der Waals surface area (Å²) in [5, 5.41) is 6.27. The van der Waals surface area contributed by atoms with Gasteiger partial charge in [-0.3, -0.25) is 9.59 Å². The van der Waals surface area contributed by atoms with E-state index < -0.39 is 0 Å².